The van der Waals surface area contributed by atoms with E-state index in [0.29, 0.717) is 16.4 Å². The molecule has 116 valence electrons. The van der Waals surface area contributed by atoms with E-state index >= 15 is 0 Å². The van der Waals surface area contributed by atoms with Crippen LogP contribution in [0.25, 0.3) is 0 Å². The summed E-state index contributed by atoms with van der Waals surface area (Å²) in [4.78, 5) is 28.4. The fourth-order valence-electron chi connectivity index (χ4n) is 1.82. The van der Waals surface area contributed by atoms with Gasteiger partial charge in [-0.25, -0.2) is 4.98 Å². The summed E-state index contributed by atoms with van der Waals surface area (Å²) in [5.74, 6) is -0.624. The van der Waals surface area contributed by atoms with Gasteiger partial charge >= 0.3 is 0 Å². The normalized spacial score (nSPS) is 10.2. The predicted molar refractivity (Wildman–Crippen MR) is 85.2 cm³/mol. The van der Waals surface area contributed by atoms with Gasteiger partial charge in [-0.05, 0) is 18.6 Å². The minimum atomic E-state index is -0.598. The zero-order valence-corrected chi connectivity index (χ0v) is 13.0. The van der Waals surface area contributed by atoms with Crippen LogP contribution in [-0.4, -0.2) is 23.4 Å². The summed E-state index contributed by atoms with van der Waals surface area (Å²) in [5, 5.41) is 3.28. The predicted octanol–water partition coefficient (Wildman–Crippen LogP) is 2.21. The van der Waals surface area contributed by atoms with Gasteiger partial charge in [-0.1, -0.05) is 25.5 Å². The fourth-order valence-corrected chi connectivity index (χ4v) is 2.73. The molecule has 0 unspecified atom stereocenters. The summed E-state index contributed by atoms with van der Waals surface area (Å²) in [7, 11) is 0. The van der Waals surface area contributed by atoms with Crippen molar-refractivity contribution in [2.75, 3.05) is 11.9 Å². The van der Waals surface area contributed by atoms with Crippen molar-refractivity contribution in [1.29, 1.82) is 0 Å². The number of nitrogens with zero attached hydrogens (tertiary/aromatic N) is 1. The number of hydrogen-bond donors (Lipinski definition) is 2. The first kappa shape index (κ1) is 16.0. The summed E-state index contributed by atoms with van der Waals surface area (Å²) >= 11 is 1.45. The highest BCUT2D eigenvalue weighted by Gasteiger charge is 2.14. The molecule has 3 N–H and O–H groups in total. The van der Waals surface area contributed by atoms with Gasteiger partial charge in [0, 0.05) is 11.1 Å². The Kier molecular flexibility index (Phi) is 5.48. The molecule has 0 aliphatic carbocycles. The Morgan fingerprint density at radius 2 is 2.14 bits per heavy atom. The number of primary amides is 1. The van der Waals surface area contributed by atoms with Crippen molar-refractivity contribution in [2.45, 2.75) is 19.8 Å². The Labute approximate surface area is 132 Å². The number of carbonyl (C=O) groups is 2. The molecule has 0 aliphatic heterocycles. The van der Waals surface area contributed by atoms with Gasteiger partial charge in [0.2, 0.25) is 0 Å². The summed E-state index contributed by atoms with van der Waals surface area (Å²) in [6.45, 7) is 1.81. The van der Waals surface area contributed by atoms with E-state index in [1.807, 2.05) is 0 Å². The van der Waals surface area contributed by atoms with E-state index in [4.69, 9.17) is 10.5 Å². The van der Waals surface area contributed by atoms with Crippen molar-refractivity contribution >= 4 is 28.3 Å². The molecule has 0 atom stereocenters. The highest BCUT2D eigenvalue weighted by atomic mass is 32.1. The average Bonchev–Trinajstić information content (AvgIpc) is 2.93. The monoisotopic (exact) mass is 319 g/mol. The molecule has 0 saturated carbocycles. The molecule has 6 nitrogen and oxygen atoms in total. The van der Waals surface area contributed by atoms with Crippen molar-refractivity contribution < 1.29 is 14.3 Å². The first-order valence-corrected chi connectivity index (χ1v) is 7.68. The summed E-state index contributed by atoms with van der Waals surface area (Å²) in [6, 6.07) is 6.67. The van der Waals surface area contributed by atoms with E-state index in [0.717, 1.165) is 17.7 Å². The molecular formula is C15H17N3O3S. The molecule has 2 aromatic rings. The van der Waals surface area contributed by atoms with Crippen LogP contribution in [0.3, 0.4) is 0 Å². The highest BCUT2D eigenvalue weighted by Crippen LogP contribution is 2.23. The van der Waals surface area contributed by atoms with Gasteiger partial charge in [0.05, 0.1) is 5.56 Å². The Morgan fingerprint density at radius 3 is 2.86 bits per heavy atom. The molecular weight excluding hydrogens is 302 g/mol. The molecule has 0 saturated heterocycles. The molecule has 0 fully saturated rings. The number of amides is 2. The number of thiazole rings is 1. The zero-order valence-electron chi connectivity index (χ0n) is 12.2. The van der Waals surface area contributed by atoms with E-state index < -0.39 is 5.91 Å². The van der Waals surface area contributed by atoms with Crippen LogP contribution in [0, 0.1) is 0 Å². The van der Waals surface area contributed by atoms with Crippen molar-refractivity contribution in [1.82, 2.24) is 4.98 Å². The van der Waals surface area contributed by atoms with Crippen LogP contribution in [-0.2, 0) is 11.2 Å². The first-order chi connectivity index (χ1) is 10.6. The van der Waals surface area contributed by atoms with E-state index in [1.165, 1.54) is 11.3 Å². The number of hydrogen-bond acceptors (Lipinski definition) is 5. The molecule has 0 spiro atoms. The van der Waals surface area contributed by atoms with Gasteiger partial charge in [0.1, 0.15) is 5.75 Å². The molecule has 0 radical (unpaired) electrons. The quantitative estimate of drug-likeness (QED) is 0.818. The van der Waals surface area contributed by atoms with Crippen molar-refractivity contribution in [3.63, 3.8) is 0 Å². The van der Waals surface area contributed by atoms with Crippen molar-refractivity contribution in [3.05, 3.63) is 40.9 Å². The fraction of sp³-hybridized carbons (Fsp3) is 0.267. The molecule has 2 rings (SSSR count). The number of aryl methyl sites for hydroxylation is 1. The third-order valence-electron chi connectivity index (χ3n) is 2.77. The number of nitrogens with two attached hydrogens (primary N) is 1. The lowest BCUT2D eigenvalue weighted by molar-refractivity contribution is -0.119. The lowest BCUT2D eigenvalue weighted by Gasteiger charge is -2.09. The Hall–Kier alpha value is -2.41. The number of anilines is 1. The van der Waals surface area contributed by atoms with Crippen LogP contribution in [0.1, 0.15) is 28.6 Å². The Bertz CT molecular complexity index is 670. The van der Waals surface area contributed by atoms with Crippen molar-refractivity contribution in [3.8, 4) is 5.75 Å². The second kappa shape index (κ2) is 7.56. The van der Waals surface area contributed by atoms with Gasteiger partial charge < -0.3 is 10.5 Å². The van der Waals surface area contributed by atoms with Gasteiger partial charge in [-0.2, -0.15) is 0 Å². The van der Waals surface area contributed by atoms with Gasteiger partial charge in [-0.3, -0.25) is 14.9 Å². The minimum absolute atomic E-state index is 0.276. The van der Waals surface area contributed by atoms with Crippen LogP contribution in [0.2, 0.25) is 0 Å². The third kappa shape index (κ3) is 4.29. The number of ether oxygens (including phenoxy) is 1. The number of benzene rings is 1. The molecule has 22 heavy (non-hydrogen) atoms. The molecule has 2 amide bonds. The topological polar surface area (TPSA) is 94.3 Å². The summed E-state index contributed by atoms with van der Waals surface area (Å²) in [5.41, 5.74) is 5.38. The third-order valence-corrected chi connectivity index (χ3v) is 3.74. The minimum Gasteiger partial charge on any atom is -0.483 e. The maximum Gasteiger partial charge on any atom is 0.261 e. The van der Waals surface area contributed by atoms with Gasteiger partial charge in [0.15, 0.2) is 11.7 Å². The largest absolute Gasteiger partial charge is 0.483 e. The number of rotatable bonds is 7. The summed E-state index contributed by atoms with van der Waals surface area (Å²) in [6.07, 6.45) is 3.73. The standard InChI is InChI=1S/C15H17N3O3S/c1-2-5-10-8-17-15(22-10)18-14(20)11-6-3-4-7-12(11)21-9-13(16)19/h3-4,6-8H,2,5,9H2,1H3,(H2,16,19)(H,17,18,20). The van der Waals surface area contributed by atoms with Crippen LogP contribution < -0.4 is 15.8 Å². The van der Waals surface area contributed by atoms with E-state index in [1.54, 1.807) is 30.5 Å². The molecule has 0 bridgehead atoms. The lowest BCUT2D eigenvalue weighted by atomic mass is 10.2. The molecule has 0 aliphatic rings. The molecule has 1 aromatic heterocycles. The van der Waals surface area contributed by atoms with Gasteiger partial charge in [0.25, 0.3) is 11.8 Å². The lowest BCUT2D eigenvalue weighted by Crippen LogP contribution is -2.21. The second-order valence-corrected chi connectivity index (χ2v) is 5.70. The van der Waals surface area contributed by atoms with Crippen LogP contribution in [0.15, 0.2) is 30.5 Å². The van der Waals surface area contributed by atoms with E-state index in [9.17, 15) is 9.59 Å². The zero-order chi connectivity index (χ0) is 15.9. The Morgan fingerprint density at radius 1 is 1.36 bits per heavy atom. The smallest absolute Gasteiger partial charge is 0.261 e. The summed E-state index contributed by atoms with van der Waals surface area (Å²) < 4.78 is 5.25. The van der Waals surface area contributed by atoms with Crippen LogP contribution in [0.4, 0.5) is 5.13 Å². The molecule has 1 aromatic carbocycles. The molecule has 1 heterocycles. The Balaban J connectivity index is 2.09. The molecule has 7 heteroatoms. The maximum atomic E-state index is 12.3. The number of carbonyl (C=O) groups excluding carboxylic acids is 2. The number of nitrogens with one attached hydrogen (secondary N) is 1. The van der Waals surface area contributed by atoms with Crippen LogP contribution >= 0.6 is 11.3 Å². The van der Waals surface area contributed by atoms with E-state index in [-0.39, 0.29) is 12.5 Å². The first-order valence-electron chi connectivity index (χ1n) is 6.86. The number of para-hydroxylation sites is 1. The SMILES string of the molecule is CCCc1cnc(NC(=O)c2ccccc2OCC(N)=O)s1. The average molecular weight is 319 g/mol. The van der Waals surface area contributed by atoms with Gasteiger partial charge in [-0.15, -0.1) is 11.3 Å². The second-order valence-electron chi connectivity index (χ2n) is 4.59. The number of aromatic nitrogens is 1. The maximum absolute atomic E-state index is 12.3. The van der Waals surface area contributed by atoms with Crippen LogP contribution in [0.5, 0.6) is 5.75 Å². The van der Waals surface area contributed by atoms with Crippen molar-refractivity contribution in [2.24, 2.45) is 5.73 Å². The highest BCUT2D eigenvalue weighted by molar-refractivity contribution is 7.15. The van der Waals surface area contributed by atoms with E-state index in [2.05, 4.69) is 17.2 Å².